The summed E-state index contributed by atoms with van der Waals surface area (Å²) in [7, 11) is 1.69. The Morgan fingerprint density at radius 2 is 2.14 bits per heavy atom. The molecule has 0 amide bonds. The first kappa shape index (κ1) is 15.9. The highest BCUT2D eigenvalue weighted by Crippen LogP contribution is 2.15. The van der Waals surface area contributed by atoms with Gasteiger partial charge in [0.2, 0.25) is 0 Å². The molecular weight excluding hydrogens is 266 g/mol. The molecule has 1 heterocycles. The summed E-state index contributed by atoms with van der Waals surface area (Å²) in [6, 6.07) is 8.17. The Kier molecular flexibility index (Phi) is 5.33. The van der Waals surface area contributed by atoms with Crippen LogP contribution in [0, 0.1) is 6.92 Å². The van der Waals surface area contributed by atoms with Gasteiger partial charge >= 0.3 is 0 Å². The van der Waals surface area contributed by atoms with Crippen LogP contribution in [0.2, 0.25) is 0 Å². The number of imidazole rings is 1. The highest BCUT2D eigenvalue weighted by atomic mass is 16.5. The number of nitrogens with one attached hydrogen (secondary N) is 1. The molecule has 0 saturated heterocycles. The van der Waals surface area contributed by atoms with Crippen LogP contribution in [0.1, 0.15) is 19.2 Å². The van der Waals surface area contributed by atoms with Gasteiger partial charge in [0.05, 0.1) is 17.6 Å². The van der Waals surface area contributed by atoms with Crippen molar-refractivity contribution in [3.8, 4) is 0 Å². The smallest absolute Gasteiger partial charge is 0.106 e. The van der Waals surface area contributed by atoms with Gasteiger partial charge in [0.15, 0.2) is 0 Å². The van der Waals surface area contributed by atoms with Crippen LogP contribution in [-0.4, -0.2) is 47.1 Å². The molecule has 0 bridgehead atoms. The summed E-state index contributed by atoms with van der Waals surface area (Å²) >= 11 is 0. The molecule has 1 unspecified atom stereocenters. The van der Waals surface area contributed by atoms with Crippen molar-refractivity contribution in [3.05, 3.63) is 30.1 Å². The second kappa shape index (κ2) is 7.02. The molecule has 1 aromatic heterocycles. The molecule has 0 aliphatic rings. The Hall–Kier alpha value is -1.43. The van der Waals surface area contributed by atoms with Crippen molar-refractivity contribution in [2.45, 2.75) is 32.4 Å². The van der Waals surface area contributed by atoms with Crippen molar-refractivity contribution in [1.29, 1.82) is 0 Å². The molecule has 1 aromatic carbocycles. The molecule has 2 rings (SSSR count). The number of ether oxygens (including phenoxy) is 1. The quantitative estimate of drug-likeness (QED) is 0.777. The average Bonchev–Trinajstić information content (AvgIpc) is 2.76. The van der Waals surface area contributed by atoms with Gasteiger partial charge in [-0.25, -0.2) is 4.98 Å². The van der Waals surface area contributed by atoms with E-state index < -0.39 is 0 Å². The van der Waals surface area contributed by atoms with Crippen LogP contribution in [-0.2, 0) is 11.3 Å². The molecule has 0 saturated carbocycles. The van der Waals surface area contributed by atoms with Crippen LogP contribution < -0.4 is 5.32 Å². The van der Waals surface area contributed by atoms with E-state index in [9.17, 15) is 5.11 Å². The summed E-state index contributed by atoms with van der Waals surface area (Å²) in [4.78, 5) is 4.57. The topological polar surface area (TPSA) is 59.3 Å². The molecule has 5 nitrogen and oxygen atoms in total. The number of aromatic nitrogens is 2. The largest absolute Gasteiger partial charge is 0.396 e. The van der Waals surface area contributed by atoms with Gasteiger partial charge in [-0.2, -0.15) is 0 Å². The van der Waals surface area contributed by atoms with Crippen molar-refractivity contribution in [2.24, 2.45) is 0 Å². The maximum atomic E-state index is 9.19. The molecule has 0 aliphatic heterocycles. The first-order chi connectivity index (χ1) is 10.1. The minimum Gasteiger partial charge on any atom is -0.396 e. The van der Waals surface area contributed by atoms with E-state index in [4.69, 9.17) is 4.74 Å². The van der Waals surface area contributed by atoms with Crippen molar-refractivity contribution >= 4 is 11.0 Å². The molecule has 5 heteroatoms. The standard InChI is InChI=1S/C16H25N3O2/c1-13-18-14-6-4-5-7-15(14)19(13)10-9-17-16(2,8-11-20)12-21-3/h4-7,17,20H,8-12H2,1-3H3. The molecule has 1 atom stereocenters. The van der Waals surface area contributed by atoms with Crippen molar-refractivity contribution in [1.82, 2.24) is 14.9 Å². The molecule has 21 heavy (non-hydrogen) atoms. The number of nitrogens with zero attached hydrogens (tertiary/aromatic N) is 2. The van der Waals surface area contributed by atoms with Crippen LogP contribution in [0.5, 0.6) is 0 Å². The second-order valence-corrected chi connectivity index (χ2v) is 5.69. The number of rotatable bonds is 8. The third kappa shape index (κ3) is 3.81. The number of aliphatic hydroxyl groups is 1. The maximum Gasteiger partial charge on any atom is 0.106 e. The number of methoxy groups -OCH3 is 1. The van der Waals surface area contributed by atoms with Crippen LogP contribution in [0.15, 0.2) is 24.3 Å². The van der Waals surface area contributed by atoms with E-state index in [2.05, 4.69) is 27.9 Å². The molecule has 0 radical (unpaired) electrons. The van der Waals surface area contributed by atoms with E-state index in [-0.39, 0.29) is 12.1 Å². The first-order valence-electron chi connectivity index (χ1n) is 7.36. The number of aliphatic hydroxyl groups excluding tert-OH is 1. The van der Waals surface area contributed by atoms with Crippen LogP contribution in [0.4, 0.5) is 0 Å². The van der Waals surface area contributed by atoms with E-state index in [1.165, 1.54) is 0 Å². The predicted molar refractivity (Wildman–Crippen MR) is 84.5 cm³/mol. The van der Waals surface area contributed by atoms with Crippen molar-refractivity contribution in [2.75, 3.05) is 26.9 Å². The van der Waals surface area contributed by atoms with Gasteiger partial charge < -0.3 is 19.7 Å². The number of benzene rings is 1. The number of fused-ring (bicyclic) bond motifs is 1. The van der Waals surface area contributed by atoms with Gasteiger partial charge in [-0.1, -0.05) is 12.1 Å². The Balaban J connectivity index is 2.03. The molecule has 0 fully saturated rings. The van der Waals surface area contributed by atoms with Gasteiger partial charge in [0, 0.05) is 32.3 Å². The minimum atomic E-state index is -0.201. The highest BCUT2D eigenvalue weighted by Gasteiger charge is 2.22. The molecule has 0 spiro atoms. The second-order valence-electron chi connectivity index (χ2n) is 5.69. The Morgan fingerprint density at radius 3 is 2.86 bits per heavy atom. The minimum absolute atomic E-state index is 0.153. The lowest BCUT2D eigenvalue weighted by Gasteiger charge is -2.29. The lowest BCUT2D eigenvalue weighted by Crippen LogP contribution is -2.48. The summed E-state index contributed by atoms with van der Waals surface area (Å²) in [6.07, 6.45) is 0.671. The molecule has 2 N–H and O–H groups in total. The Labute approximate surface area is 125 Å². The third-order valence-corrected chi connectivity index (χ3v) is 3.86. The van der Waals surface area contributed by atoms with Gasteiger partial charge in [0.25, 0.3) is 0 Å². The van der Waals surface area contributed by atoms with E-state index in [1.807, 2.05) is 25.1 Å². The van der Waals surface area contributed by atoms with Gasteiger partial charge in [0.1, 0.15) is 5.82 Å². The maximum absolute atomic E-state index is 9.19. The summed E-state index contributed by atoms with van der Waals surface area (Å²) in [6.45, 7) is 6.49. The normalized spacial score (nSPS) is 14.5. The van der Waals surface area contributed by atoms with Crippen LogP contribution in [0.25, 0.3) is 11.0 Å². The van der Waals surface area contributed by atoms with E-state index >= 15 is 0 Å². The summed E-state index contributed by atoms with van der Waals surface area (Å²) in [5, 5.41) is 12.7. The summed E-state index contributed by atoms with van der Waals surface area (Å²) in [5.74, 6) is 1.02. The van der Waals surface area contributed by atoms with Crippen LogP contribution >= 0.6 is 0 Å². The fraction of sp³-hybridized carbons (Fsp3) is 0.562. The monoisotopic (exact) mass is 291 g/mol. The fourth-order valence-electron chi connectivity index (χ4n) is 2.72. The van der Waals surface area contributed by atoms with Gasteiger partial charge in [-0.05, 0) is 32.4 Å². The average molecular weight is 291 g/mol. The number of hydrogen-bond acceptors (Lipinski definition) is 4. The number of para-hydroxylation sites is 2. The van der Waals surface area contributed by atoms with Crippen molar-refractivity contribution in [3.63, 3.8) is 0 Å². The molecule has 0 aliphatic carbocycles. The Bertz CT molecular complexity index is 574. The lowest BCUT2D eigenvalue weighted by atomic mass is 9.99. The zero-order chi connectivity index (χ0) is 15.3. The predicted octanol–water partition coefficient (Wildman–Crippen LogP) is 1.72. The van der Waals surface area contributed by atoms with E-state index in [1.54, 1.807) is 7.11 Å². The van der Waals surface area contributed by atoms with Crippen LogP contribution in [0.3, 0.4) is 0 Å². The fourth-order valence-corrected chi connectivity index (χ4v) is 2.72. The zero-order valence-electron chi connectivity index (χ0n) is 13.1. The number of aryl methyl sites for hydroxylation is 1. The van der Waals surface area contributed by atoms with E-state index in [0.29, 0.717) is 13.0 Å². The molecular formula is C16H25N3O2. The molecule has 116 valence electrons. The molecule has 2 aromatic rings. The highest BCUT2D eigenvalue weighted by molar-refractivity contribution is 5.75. The summed E-state index contributed by atoms with van der Waals surface area (Å²) < 4.78 is 7.47. The first-order valence-corrected chi connectivity index (χ1v) is 7.36. The Morgan fingerprint density at radius 1 is 1.38 bits per heavy atom. The number of hydrogen-bond donors (Lipinski definition) is 2. The van der Waals surface area contributed by atoms with Gasteiger partial charge in [-0.3, -0.25) is 0 Å². The zero-order valence-corrected chi connectivity index (χ0v) is 13.1. The van der Waals surface area contributed by atoms with Crippen molar-refractivity contribution < 1.29 is 9.84 Å². The van der Waals surface area contributed by atoms with E-state index in [0.717, 1.165) is 29.9 Å². The van der Waals surface area contributed by atoms with Gasteiger partial charge in [-0.15, -0.1) is 0 Å². The lowest BCUT2D eigenvalue weighted by molar-refractivity contribution is 0.0976. The SMILES string of the molecule is COCC(C)(CCO)NCCn1c(C)nc2ccccc21. The third-order valence-electron chi connectivity index (χ3n) is 3.86. The summed E-state index contributed by atoms with van der Waals surface area (Å²) in [5.41, 5.74) is 1.99.